The van der Waals surface area contributed by atoms with Gasteiger partial charge in [-0.25, -0.2) is 0 Å². The first-order valence-corrected chi connectivity index (χ1v) is 6.14. The van der Waals surface area contributed by atoms with Gasteiger partial charge in [0.25, 0.3) is 0 Å². The van der Waals surface area contributed by atoms with Crippen molar-refractivity contribution in [2.24, 2.45) is 0 Å². The monoisotopic (exact) mass is 275 g/mol. The molecule has 1 N–H and O–H groups in total. The van der Waals surface area contributed by atoms with Crippen molar-refractivity contribution in [1.82, 2.24) is 5.32 Å². The molecule has 1 aromatic rings. The average molecular weight is 275 g/mol. The van der Waals surface area contributed by atoms with Crippen molar-refractivity contribution >= 4 is 0 Å². The second-order valence-corrected chi connectivity index (χ2v) is 4.42. The first-order chi connectivity index (χ1) is 9.04. The zero-order valence-corrected chi connectivity index (χ0v) is 10.4. The van der Waals surface area contributed by atoms with Gasteiger partial charge >= 0.3 is 6.18 Å². The summed E-state index contributed by atoms with van der Waals surface area (Å²) >= 11 is 0. The minimum Gasteiger partial charge on any atom is -0.488 e. The maximum atomic E-state index is 11.8. The van der Waals surface area contributed by atoms with Crippen LogP contribution in [0.1, 0.15) is 5.56 Å². The molecule has 0 spiro atoms. The molecule has 6 heteroatoms. The summed E-state index contributed by atoms with van der Waals surface area (Å²) in [6.45, 7) is -0.171. The standard InChI is InChI=1S/C13H16F3NO2/c14-13(15,16)9-18-6-5-17-8-11-7-10-3-1-2-4-12(10)19-11/h1-4,11,17H,5-9H2. The van der Waals surface area contributed by atoms with Crippen LogP contribution in [0.2, 0.25) is 0 Å². The molecular weight excluding hydrogens is 259 g/mol. The normalized spacial score (nSPS) is 18.2. The van der Waals surface area contributed by atoms with Gasteiger partial charge in [0, 0.05) is 19.5 Å². The molecule has 0 amide bonds. The number of ether oxygens (including phenoxy) is 2. The van der Waals surface area contributed by atoms with Crippen molar-refractivity contribution in [3.05, 3.63) is 29.8 Å². The molecule has 2 rings (SSSR count). The summed E-state index contributed by atoms with van der Waals surface area (Å²) in [5.74, 6) is 0.891. The fraction of sp³-hybridized carbons (Fsp3) is 0.538. The molecule has 0 radical (unpaired) electrons. The fourth-order valence-electron chi connectivity index (χ4n) is 1.96. The van der Waals surface area contributed by atoms with Crippen molar-refractivity contribution in [2.45, 2.75) is 18.7 Å². The number of benzene rings is 1. The van der Waals surface area contributed by atoms with Crippen LogP contribution in [0.15, 0.2) is 24.3 Å². The van der Waals surface area contributed by atoms with Gasteiger partial charge in [-0.15, -0.1) is 0 Å². The maximum absolute atomic E-state index is 11.8. The molecule has 3 nitrogen and oxygen atoms in total. The van der Waals surface area contributed by atoms with Crippen LogP contribution < -0.4 is 10.1 Å². The largest absolute Gasteiger partial charge is 0.488 e. The smallest absolute Gasteiger partial charge is 0.411 e. The third-order valence-corrected chi connectivity index (χ3v) is 2.77. The van der Waals surface area contributed by atoms with Gasteiger partial charge in [0.2, 0.25) is 0 Å². The summed E-state index contributed by atoms with van der Waals surface area (Å²) < 4.78 is 45.6. The van der Waals surface area contributed by atoms with Crippen LogP contribution in [-0.4, -0.2) is 38.6 Å². The molecule has 1 atom stereocenters. The van der Waals surface area contributed by atoms with Crippen LogP contribution in [0.3, 0.4) is 0 Å². The van der Waals surface area contributed by atoms with Crippen LogP contribution in [-0.2, 0) is 11.2 Å². The van der Waals surface area contributed by atoms with Crippen LogP contribution in [0.5, 0.6) is 5.75 Å². The van der Waals surface area contributed by atoms with Crippen molar-refractivity contribution in [3.63, 3.8) is 0 Å². The molecule has 19 heavy (non-hydrogen) atoms. The Morgan fingerprint density at radius 3 is 2.84 bits per heavy atom. The molecule has 1 unspecified atom stereocenters. The number of alkyl halides is 3. The quantitative estimate of drug-likeness (QED) is 0.807. The molecule has 0 bridgehead atoms. The molecule has 1 aromatic carbocycles. The Bertz CT molecular complexity index is 384. The topological polar surface area (TPSA) is 30.5 Å². The van der Waals surface area contributed by atoms with Gasteiger partial charge in [0.05, 0.1) is 6.61 Å². The Morgan fingerprint density at radius 2 is 2.11 bits per heavy atom. The van der Waals surface area contributed by atoms with E-state index >= 15 is 0 Å². The number of para-hydroxylation sites is 1. The van der Waals surface area contributed by atoms with Crippen LogP contribution in [0, 0.1) is 0 Å². The van der Waals surface area contributed by atoms with Gasteiger partial charge in [-0.1, -0.05) is 18.2 Å². The van der Waals surface area contributed by atoms with Crippen LogP contribution in [0.4, 0.5) is 13.2 Å². The van der Waals surface area contributed by atoms with Gasteiger partial charge in [-0.2, -0.15) is 13.2 Å². The number of halogens is 3. The van der Waals surface area contributed by atoms with E-state index in [1.165, 1.54) is 5.56 Å². The average Bonchev–Trinajstić information content (AvgIpc) is 2.74. The predicted molar refractivity (Wildman–Crippen MR) is 64.3 cm³/mol. The summed E-state index contributed by atoms with van der Waals surface area (Å²) in [5, 5.41) is 3.03. The first kappa shape index (κ1) is 14.1. The number of hydrogen-bond acceptors (Lipinski definition) is 3. The molecule has 1 heterocycles. The van der Waals surface area contributed by atoms with Crippen molar-refractivity contribution in [3.8, 4) is 5.75 Å². The number of hydrogen-bond donors (Lipinski definition) is 1. The maximum Gasteiger partial charge on any atom is 0.411 e. The Hall–Kier alpha value is -1.27. The Labute approximate surface area is 109 Å². The summed E-state index contributed by atoms with van der Waals surface area (Å²) in [7, 11) is 0. The number of fused-ring (bicyclic) bond motifs is 1. The molecule has 0 saturated heterocycles. The molecule has 0 saturated carbocycles. The molecule has 106 valence electrons. The van der Waals surface area contributed by atoms with Crippen molar-refractivity contribution in [2.75, 3.05) is 26.3 Å². The molecule has 1 aliphatic rings. The van der Waals surface area contributed by atoms with Gasteiger partial charge in [-0.05, 0) is 11.6 Å². The van der Waals surface area contributed by atoms with E-state index in [1.807, 2.05) is 24.3 Å². The first-order valence-electron chi connectivity index (χ1n) is 6.14. The predicted octanol–water partition coefficient (Wildman–Crippen LogP) is 2.16. The van der Waals surface area contributed by atoms with E-state index in [9.17, 15) is 13.2 Å². The summed E-state index contributed by atoms with van der Waals surface area (Å²) in [6, 6.07) is 7.81. The zero-order chi connectivity index (χ0) is 13.7. The van der Waals surface area contributed by atoms with Crippen LogP contribution in [0.25, 0.3) is 0 Å². The summed E-state index contributed by atoms with van der Waals surface area (Å²) in [4.78, 5) is 0. The third kappa shape index (κ3) is 4.72. The lowest BCUT2D eigenvalue weighted by molar-refractivity contribution is -0.173. The van der Waals surface area contributed by atoms with E-state index in [-0.39, 0.29) is 12.7 Å². The van der Waals surface area contributed by atoms with E-state index < -0.39 is 12.8 Å². The molecule has 1 aliphatic heterocycles. The van der Waals surface area contributed by atoms with Gasteiger partial charge < -0.3 is 14.8 Å². The Balaban J connectivity index is 1.56. The lowest BCUT2D eigenvalue weighted by Crippen LogP contribution is -2.32. The van der Waals surface area contributed by atoms with E-state index in [2.05, 4.69) is 10.1 Å². The van der Waals surface area contributed by atoms with E-state index in [0.29, 0.717) is 13.1 Å². The lowest BCUT2D eigenvalue weighted by Gasteiger charge is -2.12. The van der Waals surface area contributed by atoms with Crippen molar-refractivity contribution in [1.29, 1.82) is 0 Å². The van der Waals surface area contributed by atoms with Gasteiger partial charge in [0.15, 0.2) is 0 Å². The lowest BCUT2D eigenvalue weighted by atomic mass is 10.1. The third-order valence-electron chi connectivity index (χ3n) is 2.77. The van der Waals surface area contributed by atoms with E-state index in [1.54, 1.807) is 0 Å². The summed E-state index contributed by atoms with van der Waals surface area (Å²) in [6.07, 6.45) is -3.39. The highest BCUT2D eigenvalue weighted by Crippen LogP contribution is 2.27. The molecule has 0 fully saturated rings. The van der Waals surface area contributed by atoms with E-state index in [4.69, 9.17) is 4.74 Å². The highest BCUT2D eigenvalue weighted by atomic mass is 19.4. The molecule has 0 aromatic heterocycles. The van der Waals surface area contributed by atoms with Gasteiger partial charge in [-0.3, -0.25) is 0 Å². The highest BCUT2D eigenvalue weighted by molar-refractivity contribution is 5.37. The van der Waals surface area contributed by atoms with Gasteiger partial charge in [0.1, 0.15) is 18.5 Å². The second kappa shape index (κ2) is 6.25. The Kier molecular flexibility index (Phi) is 4.66. The van der Waals surface area contributed by atoms with E-state index in [0.717, 1.165) is 12.2 Å². The second-order valence-electron chi connectivity index (χ2n) is 4.42. The zero-order valence-electron chi connectivity index (χ0n) is 10.4. The molecule has 0 aliphatic carbocycles. The Morgan fingerprint density at radius 1 is 1.32 bits per heavy atom. The minimum absolute atomic E-state index is 0.0409. The van der Waals surface area contributed by atoms with Crippen LogP contribution >= 0.6 is 0 Å². The number of rotatable bonds is 6. The molecular formula is C13H16F3NO2. The highest BCUT2D eigenvalue weighted by Gasteiger charge is 2.27. The summed E-state index contributed by atoms with van der Waals surface area (Å²) in [5.41, 5.74) is 1.17. The minimum atomic E-state index is -4.25. The SMILES string of the molecule is FC(F)(F)COCCNCC1Cc2ccccc2O1. The number of nitrogens with one attached hydrogen (secondary N) is 1. The fourth-order valence-corrected chi connectivity index (χ4v) is 1.96. The van der Waals surface area contributed by atoms with Crippen molar-refractivity contribution < 1.29 is 22.6 Å².